The molecule has 0 aliphatic carbocycles. The van der Waals surface area contributed by atoms with Crippen molar-refractivity contribution in [2.75, 3.05) is 5.38 Å². The first kappa shape index (κ1) is 11.4. The molecule has 0 saturated heterocycles. The molecular formula is C11H15NSSi. The Balaban J connectivity index is 2.58. The third-order valence-corrected chi connectivity index (χ3v) is 6.30. The van der Waals surface area contributed by atoms with E-state index in [1.165, 1.54) is 10.3 Å². The fourth-order valence-corrected chi connectivity index (χ4v) is 3.65. The summed E-state index contributed by atoms with van der Waals surface area (Å²) in [6.07, 6.45) is 0. The van der Waals surface area contributed by atoms with Crippen molar-refractivity contribution >= 4 is 19.8 Å². The van der Waals surface area contributed by atoms with E-state index >= 15 is 0 Å². The number of hydrogen-bond donors (Lipinski definition) is 0. The highest BCUT2D eigenvalue weighted by molar-refractivity contribution is 8.01. The highest BCUT2D eigenvalue weighted by Gasteiger charge is 2.12. The molecule has 0 radical (unpaired) electrons. The summed E-state index contributed by atoms with van der Waals surface area (Å²) in [5, 5.41) is 9.87. The van der Waals surface area contributed by atoms with Gasteiger partial charge in [-0.3, -0.25) is 0 Å². The molecule has 74 valence electrons. The van der Waals surface area contributed by atoms with Crippen molar-refractivity contribution in [3.05, 3.63) is 29.8 Å². The van der Waals surface area contributed by atoms with Crippen molar-refractivity contribution in [1.29, 1.82) is 5.26 Å². The Labute approximate surface area is 91.2 Å². The van der Waals surface area contributed by atoms with Crippen LogP contribution >= 0.6 is 11.8 Å². The van der Waals surface area contributed by atoms with Gasteiger partial charge in [0.1, 0.15) is 0 Å². The second kappa shape index (κ2) is 4.67. The lowest BCUT2D eigenvalue weighted by Crippen LogP contribution is -2.23. The quantitative estimate of drug-likeness (QED) is 0.576. The molecule has 1 nitrogen and oxygen atoms in total. The van der Waals surface area contributed by atoms with Crippen molar-refractivity contribution in [2.24, 2.45) is 0 Å². The highest BCUT2D eigenvalue weighted by Crippen LogP contribution is 2.21. The first-order valence-corrected chi connectivity index (χ1v) is 9.33. The summed E-state index contributed by atoms with van der Waals surface area (Å²) in [7, 11) is -0.964. The van der Waals surface area contributed by atoms with E-state index in [4.69, 9.17) is 5.26 Å². The van der Waals surface area contributed by atoms with Gasteiger partial charge in [0.05, 0.1) is 19.7 Å². The number of hydrogen-bond acceptors (Lipinski definition) is 2. The molecule has 0 unspecified atom stereocenters. The lowest BCUT2D eigenvalue weighted by molar-refractivity contribution is 1.41. The van der Waals surface area contributed by atoms with E-state index in [1.54, 1.807) is 0 Å². The van der Waals surface area contributed by atoms with Gasteiger partial charge in [-0.1, -0.05) is 19.6 Å². The summed E-state index contributed by atoms with van der Waals surface area (Å²) in [4.78, 5) is 1.27. The predicted octanol–water partition coefficient (Wildman–Crippen LogP) is 3.53. The number of rotatable bonds is 3. The Morgan fingerprint density at radius 2 is 1.79 bits per heavy atom. The lowest BCUT2D eigenvalue weighted by atomic mass is 10.2. The van der Waals surface area contributed by atoms with Gasteiger partial charge >= 0.3 is 0 Å². The standard InChI is InChI=1S/C11H15NSSi/c1-14(2,3)9-13-11-6-4-10(8-12)5-7-11/h4-7H,9H2,1-3H3. The molecule has 1 aromatic rings. The van der Waals surface area contributed by atoms with Gasteiger partial charge in [0.25, 0.3) is 0 Å². The Hall–Kier alpha value is -0.723. The van der Waals surface area contributed by atoms with Crippen LogP contribution in [0.1, 0.15) is 5.56 Å². The average molecular weight is 221 g/mol. The summed E-state index contributed by atoms with van der Waals surface area (Å²) in [6, 6.07) is 9.95. The van der Waals surface area contributed by atoms with Crippen LogP contribution in [0.2, 0.25) is 19.6 Å². The molecule has 0 heterocycles. The maximum Gasteiger partial charge on any atom is 0.0991 e. The zero-order valence-electron chi connectivity index (χ0n) is 8.87. The fraction of sp³-hybridized carbons (Fsp3) is 0.364. The molecule has 0 aliphatic heterocycles. The molecule has 1 rings (SSSR count). The van der Waals surface area contributed by atoms with E-state index in [2.05, 4.69) is 25.7 Å². The third-order valence-electron chi connectivity index (χ3n) is 1.66. The van der Waals surface area contributed by atoms with E-state index < -0.39 is 8.07 Å². The van der Waals surface area contributed by atoms with Gasteiger partial charge in [0.2, 0.25) is 0 Å². The Morgan fingerprint density at radius 1 is 1.21 bits per heavy atom. The van der Waals surface area contributed by atoms with Crippen LogP contribution in [0.15, 0.2) is 29.2 Å². The Bertz CT molecular complexity index is 332. The molecule has 0 bridgehead atoms. The molecule has 0 spiro atoms. The summed E-state index contributed by atoms with van der Waals surface area (Å²) in [5.74, 6) is 0. The smallest absolute Gasteiger partial charge is 0.0991 e. The van der Waals surface area contributed by atoms with Crippen molar-refractivity contribution in [3.8, 4) is 6.07 Å². The van der Waals surface area contributed by atoms with Crippen molar-refractivity contribution < 1.29 is 0 Å². The minimum absolute atomic E-state index is 0.738. The highest BCUT2D eigenvalue weighted by atomic mass is 32.2. The van der Waals surface area contributed by atoms with Crippen LogP contribution in [0, 0.1) is 11.3 Å². The van der Waals surface area contributed by atoms with Crippen LogP contribution in [-0.2, 0) is 0 Å². The zero-order valence-corrected chi connectivity index (χ0v) is 10.7. The molecule has 0 fully saturated rings. The van der Waals surface area contributed by atoms with Gasteiger partial charge in [0, 0.05) is 4.90 Å². The van der Waals surface area contributed by atoms with Crippen molar-refractivity contribution in [2.45, 2.75) is 24.5 Å². The molecule has 0 atom stereocenters. The first-order chi connectivity index (χ1) is 6.51. The first-order valence-electron chi connectivity index (χ1n) is 4.64. The third kappa shape index (κ3) is 3.99. The van der Waals surface area contributed by atoms with Crippen LogP contribution in [-0.4, -0.2) is 13.5 Å². The second-order valence-electron chi connectivity index (χ2n) is 4.49. The predicted molar refractivity (Wildman–Crippen MR) is 65.2 cm³/mol. The fourth-order valence-electron chi connectivity index (χ4n) is 0.926. The van der Waals surface area contributed by atoms with Gasteiger partial charge in [-0.05, 0) is 29.6 Å². The average Bonchev–Trinajstić information content (AvgIpc) is 2.14. The number of benzene rings is 1. The molecule has 0 saturated carbocycles. The topological polar surface area (TPSA) is 23.8 Å². The van der Waals surface area contributed by atoms with Crippen LogP contribution in [0.4, 0.5) is 0 Å². The lowest BCUT2D eigenvalue weighted by Gasteiger charge is -2.14. The van der Waals surface area contributed by atoms with Crippen LogP contribution in [0.3, 0.4) is 0 Å². The van der Waals surface area contributed by atoms with Crippen LogP contribution in [0.25, 0.3) is 0 Å². The Kier molecular flexibility index (Phi) is 3.79. The maximum absolute atomic E-state index is 8.64. The summed E-state index contributed by atoms with van der Waals surface area (Å²) in [5.41, 5.74) is 0.738. The SMILES string of the molecule is C[Si](C)(C)CSc1ccc(C#N)cc1. The second-order valence-corrected chi connectivity index (χ2v) is 11.5. The number of nitrogens with zero attached hydrogens (tertiary/aromatic N) is 1. The summed E-state index contributed by atoms with van der Waals surface area (Å²) < 4.78 is 0. The molecule has 0 N–H and O–H groups in total. The van der Waals surface area contributed by atoms with Gasteiger partial charge in [0.15, 0.2) is 0 Å². The minimum atomic E-state index is -0.964. The molecular weight excluding hydrogens is 206 g/mol. The van der Waals surface area contributed by atoms with Gasteiger partial charge < -0.3 is 0 Å². The molecule has 14 heavy (non-hydrogen) atoms. The summed E-state index contributed by atoms with van der Waals surface area (Å²) >= 11 is 1.90. The summed E-state index contributed by atoms with van der Waals surface area (Å²) in [6.45, 7) is 7.09. The van der Waals surface area contributed by atoms with Crippen molar-refractivity contribution in [3.63, 3.8) is 0 Å². The van der Waals surface area contributed by atoms with Crippen LogP contribution in [0.5, 0.6) is 0 Å². The molecule has 1 aromatic carbocycles. The van der Waals surface area contributed by atoms with E-state index in [1.807, 2.05) is 36.0 Å². The molecule has 3 heteroatoms. The maximum atomic E-state index is 8.64. The molecule has 0 aromatic heterocycles. The van der Waals surface area contributed by atoms with E-state index in [0.717, 1.165) is 5.56 Å². The van der Waals surface area contributed by atoms with Crippen LogP contribution < -0.4 is 0 Å². The number of thioether (sulfide) groups is 1. The van der Waals surface area contributed by atoms with E-state index in [9.17, 15) is 0 Å². The van der Waals surface area contributed by atoms with Gasteiger partial charge in [-0.2, -0.15) is 5.26 Å². The van der Waals surface area contributed by atoms with Crippen molar-refractivity contribution in [1.82, 2.24) is 0 Å². The largest absolute Gasteiger partial charge is 0.192 e. The van der Waals surface area contributed by atoms with E-state index in [-0.39, 0.29) is 0 Å². The molecule has 0 amide bonds. The normalized spacial score (nSPS) is 11.0. The number of nitriles is 1. The minimum Gasteiger partial charge on any atom is -0.192 e. The Morgan fingerprint density at radius 3 is 2.21 bits per heavy atom. The van der Waals surface area contributed by atoms with Gasteiger partial charge in [-0.25, -0.2) is 0 Å². The van der Waals surface area contributed by atoms with Gasteiger partial charge in [-0.15, -0.1) is 11.8 Å². The monoisotopic (exact) mass is 221 g/mol. The van der Waals surface area contributed by atoms with E-state index in [0.29, 0.717) is 0 Å². The molecule has 0 aliphatic rings. The zero-order chi connectivity index (χ0) is 10.6.